The summed E-state index contributed by atoms with van der Waals surface area (Å²) in [6, 6.07) is 3.60. The molecule has 0 fully saturated rings. The smallest absolute Gasteiger partial charge is 0.377 e. The molecule has 7 heteroatoms. The van der Waals surface area contributed by atoms with Gasteiger partial charge in [-0.25, -0.2) is 4.98 Å². The SMILES string of the molecule is CCOC(C)CNc1nc2cc(C(F)(F)F)ccc2s1. The van der Waals surface area contributed by atoms with Gasteiger partial charge < -0.3 is 10.1 Å². The van der Waals surface area contributed by atoms with Crippen LogP contribution in [0.25, 0.3) is 10.2 Å². The van der Waals surface area contributed by atoms with Crippen molar-refractivity contribution >= 4 is 26.7 Å². The minimum absolute atomic E-state index is 0.0257. The van der Waals surface area contributed by atoms with Crippen LogP contribution >= 0.6 is 11.3 Å². The fourth-order valence-corrected chi connectivity index (χ4v) is 2.61. The number of aromatic nitrogens is 1. The molecule has 0 amide bonds. The molecule has 0 bridgehead atoms. The van der Waals surface area contributed by atoms with Gasteiger partial charge >= 0.3 is 6.18 Å². The Hall–Kier alpha value is -1.34. The quantitative estimate of drug-likeness (QED) is 0.901. The molecule has 3 nitrogen and oxygen atoms in total. The van der Waals surface area contributed by atoms with Crippen LogP contribution in [0.4, 0.5) is 18.3 Å². The highest BCUT2D eigenvalue weighted by molar-refractivity contribution is 7.22. The maximum Gasteiger partial charge on any atom is 0.416 e. The first-order chi connectivity index (χ1) is 9.40. The van der Waals surface area contributed by atoms with Crippen molar-refractivity contribution in [2.24, 2.45) is 0 Å². The summed E-state index contributed by atoms with van der Waals surface area (Å²) in [6.45, 7) is 5.02. The molecule has 1 heterocycles. The highest BCUT2D eigenvalue weighted by Gasteiger charge is 2.30. The predicted molar refractivity (Wildman–Crippen MR) is 74.2 cm³/mol. The minimum atomic E-state index is -4.34. The molecule has 0 aliphatic heterocycles. The average Bonchev–Trinajstić information content (AvgIpc) is 2.77. The maximum atomic E-state index is 12.6. The molecule has 2 aromatic rings. The van der Waals surface area contributed by atoms with E-state index in [1.54, 1.807) is 0 Å². The van der Waals surface area contributed by atoms with Gasteiger partial charge in [-0.1, -0.05) is 11.3 Å². The molecule has 1 aromatic carbocycles. The summed E-state index contributed by atoms with van der Waals surface area (Å²) in [4.78, 5) is 4.17. The third kappa shape index (κ3) is 3.61. The topological polar surface area (TPSA) is 34.1 Å². The molecule has 110 valence electrons. The van der Waals surface area contributed by atoms with Gasteiger partial charge in [-0.05, 0) is 32.0 Å². The van der Waals surface area contributed by atoms with Crippen LogP contribution in [0.2, 0.25) is 0 Å². The summed E-state index contributed by atoms with van der Waals surface area (Å²) < 4.78 is 43.9. The van der Waals surface area contributed by atoms with Gasteiger partial charge in [0.05, 0.1) is 21.9 Å². The van der Waals surface area contributed by atoms with E-state index < -0.39 is 11.7 Å². The Morgan fingerprint density at radius 2 is 2.15 bits per heavy atom. The van der Waals surface area contributed by atoms with E-state index in [4.69, 9.17) is 4.74 Å². The number of thiazole rings is 1. The lowest BCUT2D eigenvalue weighted by molar-refractivity contribution is -0.137. The van der Waals surface area contributed by atoms with E-state index in [1.165, 1.54) is 17.4 Å². The monoisotopic (exact) mass is 304 g/mol. The summed E-state index contributed by atoms with van der Waals surface area (Å²) >= 11 is 1.33. The second-order valence-electron chi connectivity index (χ2n) is 4.35. The second-order valence-corrected chi connectivity index (χ2v) is 5.38. The Morgan fingerprint density at radius 1 is 1.40 bits per heavy atom. The van der Waals surface area contributed by atoms with Gasteiger partial charge in [0.2, 0.25) is 0 Å². The molecule has 1 aromatic heterocycles. The largest absolute Gasteiger partial charge is 0.416 e. The number of alkyl halides is 3. The number of ether oxygens (including phenoxy) is 1. The molecule has 20 heavy (non-hydrogen) atoms. The number of rotatable bonds is 5. The Labute approximate surface area is 118 Å². The zero-order valence-corrected chi connectivity index (χ0v) is 11.9. The number of anilines is 1. The van der Waals surface area contributed by atoms with Crippen molar-refractivity contribution in [2.45, 2.75) is 26.1 Å². The van der Waals surface area contributed by atoms with Crippen LogP contribution < -0.4 is 5.32 Å². The Morgan fingerprint density at radius 3 is 2.80 bits per heavy atom. The lowest BCUT2D eigenvalue weighted by Crippen LogP contribution is -2.19. The lowest BCUT2D eigenvalue weighted by Gasteiger charge is -2.11. The standard InChI is InChI=1S/C13H15F3N2OS/c1-3-19-8(2)7-17-12-18-10-6-9(13(14,15)16)4-5-11(10)20-12/h4-6,8H,3,7H2,1-2H3,(H,17,18). The van der Waals surface area contributed by atoms with Gasteiger partial charge in [-0.3, -0.25) is 0 Å². The molecule has 0 spiro atoms. The highest BCUT2D eigenvalue weighted by Crippen LogP contribution is 2.33. The fourth-order valence-electron chi connectivity index (χ4n) is 1.75. The van der Waals surface area contributed by atoms with E-state index in [2.05, 4.69) is 10.3 Å². The summed E-state index contributed by atoms with van der Waals surface area (Å²) in [6.07, 6.45) is -4.31. The molecular weight excluding hydrogens is 289 g/mol. The van der Waals surface area contributed by atoms with Crippen LogP contribution in [-0.4, -0.2) is 24.2 Å². The van der Waals surface area contributed by atoms with Gasteiger partial charge in [0.1, 0.15) is 0 Å². The number of nitrogens with zero attached hydrogens (tertiary/aromatic N) is 1. The Kier molecular flexibility index (Phi) is 4.49. The van der Waals surface area contributed by atoms with Crippen LogP contribution in [0.15, 0.2) is 18.2 Å². The van der Waals surface area contributed by atoms with E-state index in [1.807, 2.05) is 13.8 Å². The molecule has 2 rings (SSSR count). The van der Waals surface area contributed by atoms with E-state index in [0.29, 0.717) is 23.8 Å². The van der Waals surface area contributed by atoms with Gasteiger partial charge in [-0.15, -0.1) is 0 Å². The molecule has 0 radical (unpaired) electrons. The van der Waals surface area contributed by atoms with E-state index >= 15 is 0 Å². The molecular formula is C13H15F3N2OS. The molecule has 0 aliphatic carbocycles. The number of hydrogen-bond acceptors (Lipinski definition) is 4. The molecule has 1 atom stereocenters. The zero-order valence-electron chi connectivity index (χ0n) is 11.1. The van der Waals surface area contributed by atoms with E-state index in [9.17, 15) is 13.2 Å². The summed E-state index contributed by atoms with van der Waals surface area (Å²) in [7, 11) is 0. The maximum absolute atomic E-state index is 12.6. The van der Waals surface area contributed by atoms with E-state index in [0.717, 1.165) is 16.8 Å². The first-order valence-corrected chi connectivity index (χ1v) is 7.05. The van der Waals surface area contributed by atoms with Gasteiger partial charge in [0.15, 0.2) is 5.13 Å². The fraction of sp³-hybridized carbons (Fsp3) is 0.462. The Bertz CT molecular complexity index is 582. The van der Waals surface area contributed by atoms with Crippen LogP contribution in [-0.2, 0) is 10.9 Å². The van der Waals surface area contributed by atoms with Crippen molar-refractivity contribution in [3.8, 4) is 0 Å². The number of halogens is 3. The molecule has 0 saturated carbocycles. The molecule has 0 saturated heterocycles. The normalized spacial score (nSPS) is 13.7. The van der Waals surface area contributed by atoms with E-state index in [-0.39, 0.29) is 6.10 Å². The van der Waals surface area contributed by atoms with Gasteiger partial charge in [-0.2, -0.15) is 13.2 Å². The van der Waals surface area contributed by atoms with Crippen molar-refractivity contribution in [3.63, 3.8) is 0 Å². The van der Waals surface area contributed by atoms with Crippen molar-refractivity contribution in [1.29, 1.82) is 0 Å². The van der Waals surface area contributed by atoms with Crippen molar-refractivity contribution in [3.05, 3.63) is 23.8 Å². The number of hydrogen-bond donors (Lipinski definition) is 1. The molecule has 1 unspecified atom stereocenters. The van der Waals surface area contributed by atoms with Crippen LogP contribution in [0.3, 0.4) is 0 Å². The highest BCUT2D eigenvalue weighted by atomic mass is 32.1. The van der Waals surface area contributed by atoms with Crippen LogP contribution in [0.1, 0.15) is 19.4 Å². The first kappa shape index (κ1) is 15.1. The average molecular weight is 304 g/mol. The summed E-state index contributed by atoms with van der Waals surface area (Å²) in [5.41, 5.74) is -0.319. The third-order valence-electron chi connectivity index (χ3n) is 2.71. The van der Waals surface area contributed by atoms with Crippen LogP contribution in [0, 0.1) is 0 Å². The van der Waals surface area contributed by atoms with Crippen molar-refractivity contribution in [1.82, 2.24) is 4.98 Å². The predicted octanol–water partition coefficient (Wildman–Crippen LogP) is 4.15. The van der Waals surface area contributed by atoms with Crippen molar-refractivity contribution in [2.75, 3.05) is 18.5 Å². The van der Waals surface area contributed by atoms with Crippen LogP contribution in [0.5, 0.6) is 0 Å². The number of nitrogens with one attached hydrogen (secondary N) is 1. The van der Waals surface area contributed by atoms with Gasteiger partial charge in [0.25, 0.3) is 0 Å². The van der Waals surface area contributed by atoms with Crippen molar-refractivity contribution < 1.29 is 17.9 Å². The lowest BCUT2D eigenvalue weighted by atomic mass is 10.2. The third-order valence-corrected chi connectivity index (χ3v) is 3.70. The summed E-state index contributed by atoms with van der Waals surface area (Å²) in [5, 5.41) is 3.68. The minimum Gasteiger partial charge on any atom is -0.377 e. The summed E-state index contributed by atoms with van der Waals surface area (Å²) in [5.74, 6) is 0. The number of fused-ring (bicyclic) bond motifs is 1. The first-order valence-electron chi connectivity index (χ1n) is 6.23. The molecule has 1 N–H and O–H groups in total. The second kappa shape index (κ2) is 5.97. The Balaban J connectivity index is 2.13. The van der Waals surface area contributed by atoms with Gasteiger partial charge in [0, 0.05) is 13.2 Å². The molecule has 0 aliphatic rings. The number of benzene rings is 1. The zero-order chi connectivity index (χ0) is 14.8.